The van der Waals surface area contributed by atoms with Crippen LogP contribution in [-0.4, -0.2) is 66.9 Å². The van der Waals surface area contributed by atoms with Crippen LogP contribution in [-0.2, 0) is 21.1 Å². The summed E-state index contributed by atoms with van der Waals surface area (Å²) in [7, 11) is -1.14. The van der Waals surface area contributed by atoms with Crippen molar-refractivity contribution in [1.82, 2.24) is 20.2 Å². The zero-order chi connectivity index (χ0) is 17.0. The third kappa shape index (κ3) is 5.54. The molecule has 1 aromatic heterocycles. The van der Waals surface area contributed by atoms with Gasteiger partial charge in [-0.05, 0) is 33.4 Å². The van der Waals surface area contributed by atoms with Gasteiger partial charge in [0.25, 0.3) is 0 Å². The van der Waals surface area contributed by atoms with E-state index in [-0.39, 0.29) is 30.0 Å². The number of nitrogens with one attached hydrogen (secondary N) is 1. The van der Waals surface area contributed by atoms with Gasteiger partial charge in [0.1, 0.15) is 5.82 Å². The molecule has 0 aromatic carbocycles. The number of hydrogen-bond donors (Lipinski definition) is 1. The van der Waals surface area contributed by atoms with Crippen LogP contribution in [0.2, 0.25) is 0 Å². The highest BCUT2D eigenvalue weighted by molar-refractivity contribution is 7.91. The molecule has 0 unspecified atom stereocenters. The molecule has 1 atom stereocenters. The molecule has 7 nitrogen and oxygen atoms in total. The molecule has 1 aliphatic heterocycles. The smallest absolute Gasteiger partial charge is 0.234 e. The fourth-order valence-electron chi connectivity index (χ4n) is 2.76. The van der Waals surface area contributed by atoms with Crippen LogP contribution in [0.4, 0.5) is 0 Å². The summed E-state index contributed by atoms with van der Waals surface area (Å²) in [6.45, 7) is 4.51. The van der Waals surface area contributed by atoms with Gasteiger partial charge in [0.15, 0.2) is 9.84 Å². The summed E-state index contributed by atoms with van der Waals surface area (Å²) in [6.07, 6.45) is 1.18. The maximum atomic E-state index is 12.0. The number of carbonyl (C=O) groups excluding carboxylic acids is 1. The molecule has 0 aliphatic carbocycles. The molecule has 2 heterocycles. The van der Waals surface area contributed by atoms with Gasteiger partial charge in [-0.15, -0.1) is 0 Å². The SMILES string of the molecule is Cc1cc(C)nc(CCNC(=O)CN(C)[C@@H]2CCS(=O)(=O)C2)n1. The zero-order valence-corrected chi connectivity index (χ0v) is 14.7. The molecule has 8 heteroatoms. The van der Waals surface area contributed by atoms with Crippen molar-refractivity contribution in [2.45, 2.75) is 32.7 Å². The topological polar surface area (TPSA) is 92.3 Å². The molecule has 0 saturated carbocycles. The maximum Gasteiger partial charge on any atom is 0.234 e. The van der Waals surface area contributed by atoms with Crippen LogP contribution in [0.3, 0.4) is 0 Å². The van der Waals surface area contributed by atoms with Crippen LogP contribution >= 0.6 is 0 Å². The van der Waals surface area contributed by atoms with Crippen molar-refractivity contribution in [2.24, 2.45) is 0 Å². The molecule has 2 rings (SSSR count). The van der Waals surface area contributed by atoms with Gasteiger partial charge in [-0.25, -0.2) is 18.4 Å². The third-order valence-corrected chi connectivity index (χ3v) is 5.67. The van der Waals surface area contributed by atoms with E-state index in [0.29, 0.717) is 19.4 Å². The van der Waals surface area contributed by atoms with E-state index in [0.717, 1.165) is 17.2 Å². The van der Waals surface area contributed by atoms with Gasteiger partial charge in [-0.1, -0.05) is 0 Å². The summed E-state index contributed by atoms with van der Waals surface area (Å²) in [5, 5.41) is 2.84. The van der Waals surface area contributed by atoms with Gasteiger partial charge in [0.2, 0.25) is 5.91 Å². The van der Waals surface area contributed by atoms with Gasteiger partial charge in [0.05, 0.1) is 18.1 Å². The Morgan fingerprint density at radius 3 is 2.57 bits per heavy atom. The number of carbonyl (C=O) groups is 1. The Hall–Kier alpha value is -1.54. The van der Waals surface area contributed by atoms with Crippen molar-refractivity contribution in [1.29, 1.82) is 0 Å². The number of aromatic nitrogens is 2. The van der Waals surface area contributed by atoms with E-state index in [4.69, 9.17) is 0 Å². The summed E-state index contributed by atoms with van der Waals surface area (Å²) in [5.41, 5.74) is 1.84. The van der Waals surface area contributed by atoms with Crippen molar-refractivity contribution in [3.63, 3.8) is 0 Å². The van der Waals surface area contributed by atoms with Gasteiger partial charge < -0.3 is 5.32 Å². The highest BCUT2D eigenvalue weighted by Gasteiger charge is 2.31. The summed E-state index contributed by atoms with van der Waals surface area (Å²) in [5.74, 6) is 0.972. The molecule has 23 heavy (non-hydrogen) atoms. The van der Waals surface area contributed by atoms with E-state index >= 15 is 0 Å². The Morgan fingerprint density at radius 1 is 1.35 bits per heavy atom. The molecule has 1 amide bonds. The van der Waals surface area contributed by atoms with Gasteiger partial charge in [-0.2, -0.15) is 0 Å². The summed E-state index contributed by atoms with van der Waals surface area (Å²) in [4.78, 5) is 22.4. The first-order valence-corrected chi connectivity index (χ1v) is 9.56. The largest absolute Gasteiger partial charge is 0.355 e. The summed E-state index contributed by atoms with van der Waals surface area (Å²) in [6, 6.07) is 1.85. The van der Waals surface area contributed by atoms with Crippen molar-refractivity contribution in [3.8, 4) is 0 Å². The second-order valence-electron chi connectivity index (χ2n) is 6.14. The second kappa shape index (κ2) is 7.35. The first-order chi connectivity index (χ1) is 10.7. The fourth-order valence-corrected chi connectivity index (χ4v) is 4.56. The molecule has 0 spiro atoms. The van der Waals surface area contributed by atoms with Crippen molar-refractivity contribution in [3.05, 3.63) is 23.3 Å². The Bertz CT molecular complexity index is 655. The molecular formula is C15H24N4O3S. The van der Waals surface area contributed by atoms with Crippen molar-refractivity contribution < 1.29 is 13.2 Å². The molecule has 128 valence electrons. The fraction of sp³-hybridized carbons (Fsp3) is 0.667. The number of sulfone groups is 1. The number of aryl methyl sites for hydroxylation is 2. The molecule has 1 aliphatic rings. The van der Waals surface area contributed by atoms with Crippen LogP contribution in [0.15, 0.2) is 6.07 Å². The van der Waals surface area contributed by atoms with Crippen LogP contribution in [0.1, 0.15) is 23.6 Å². The van der Waals surface area contributed by atoms with E-state index in [9.17, 15) is 13.2 Å². The average molecular weight is 340 g/mol. The lowest BCUT2D eigenvalue weighted by atomic mass is 10.2. The van der Waals surface area contributed by atoms with E-state index in [1.54, 1.807) is 7.05 Å². The molecule has 0 bridgehead atoms. The highest BCUT2D eigenvalue weighted by atomic mass is 32.2. The Morgan fingerprint density at radius 2 is 2.00 bits per heavy atom. The predicted octanol–water partition coefficient (Wildman–Crippen LogP) is -0.129. The van der Waals surface area contributed by atoms with Crippen molar-refractivity contribution >= 4 is 15.7 Å². The van der Waals surface area contributed by atoms with Crippen LogP contribution in [0.25, 0.3) is 0 Å². The lowest BCUT2D eigenvalue weighted by Gasteiger charge is -2.22. The molecule has 0 radical (unpaired) electrons. The molecule has 1 fully saturated rings. The highest BCUT2D eigenvalue weighted by Crippen LogP contribution is 2.15. The van der Waals surface area contributed by atoms with E-state index in [2.05, 4.69) is 15.3 Å². The quantitative estimate of drug-likeness (QED) is 0.776. The zero-order valence-electron chi connectivity index (χ0n) is 13.9. The predicted molar refractivity (Wildman–Crippen MR) is 87.9 cm³/mol. The third-order valence-electron chi connectivity index (χ3n) is 3.92. The van der Waals surface area contributed by atoms with Gasteiger partial charge in [-0.3, -0.25) is 9.69 Å². The minimum Gasteiger partial charge on any atom is -0.355 e. The van der Waals surface area contributed by atoms with E-state index < -0.39 is 9.84 Å². The first kappa shape index (κ1) is 17.8. The number of hydrogen-bond acceptors (Lipinski definition) is 6. The van der Waals surface area contributed by atoms with Crippen LogP contribution < -0.4 is 5.32 Å². The van der Waals surface area contributed by atoms with Gasteiger partial charge in [0, 0.05) is 30.4 Å². The molecule has 1 saturated heterocycles. The minimum atomic E-state index is -2.93. The number of nitrogens with zero attached hydrogens (tertiary/aromatic N) is 3. The van der Waals surface area contributed by atoms with Crippen LogP contribution in [0.5, 0.6) is 0 Å². The van der Waals surface area contributed by atoms with Crippen molar-refractivity contribution in [2.75, 3.05) is 31.6 Å². The van der Waals surface area contributed by atoms with Crippen LogP contribution in [0, 0.1) is 13.8 Å². The minimum absolute atomic E-state index is 0.0616. The summed E-state index contributed by atoms with van der Waals surface area (Å²) >= 11 is 0. The lowest BCUT2D eigenvalue weighted by molar-refractivity contribution is -0.122. The monoisotopic (exact) mass is 340 g/mol. The first-order valence-electron chi connectivity index (χ1n) is 7.74. The average Bonchev–Trinajstić information content (AvgIpc) is 2.78. The van der Waals surface area contributed by atoms with E-state index in [1.165, 1.54) is 0 Å². The number of amides is 1. The normalized spacial score (nSPS) is 19.9. The Labute approximate surface area is 137 Å². The summed E-state index contributed by atoms with van der Waals surface area (Å²) < 4.78 is 22.9. The Kier molecular flexibility index (Phi) is 5.69. The molecule has 1 aromatic rings. The van der Waals surface area contributed by atoms with E-state index in [1.807, 2.05) is 24.8 Å². The van der Waals surface area contributed by atoms with Gasteiger partial charge >= 0.3 is 0 Å². The number of rotatable bonds is 6. The lowest BCUT2D eigenvalue weighted by Crippen LogP contribution is -2.41. The number of likely N-dealkylation sites (N-methyl/N-ethyl adjacent to an activating group) is 1. The Balaban J connectivity index is 1.75. The maximum absolute atomic E-state index is 12.0. The second-order valence-corrected chi connectivity index (χ2v) is 8.37. The standard InChI is InChI=1S/C15H24N4O3S/c1-11-8-12(2)18-14(17-11)4-6-16-15(20)9-19(3)13-5-7-23(21,22)10-13/h8,13H,4-7,9-10H2,1-3H3,(H,16,20)/t13-/m1/s1. The molecule has 1 N–H and O–H groups in total. The molecular weight excluding hydrogens is 316 g/mol.